The summed E-state index contributed by atoms with van der Waals surface area (Å²) in [6.07, 6.45) is 0. The smallest absolute Gasteiger partial charge is 0.345 e. The number of nitrogens with zero attached hydrogens (tertiary/aromatic N) is 1. The summed E-state index contributed by atoms with van der Waals surface area (Å²) >= 11 is 6.84. The number of benzene rings is 2. The lowest BCUT2D eigenvalue weighted by molar-refractivity contribution is -0.113. The molecule has 0 aliphatic heterocycles. The highest BCUT2D eigenvalue weighted by atomic mass is 35.5. The van der Waals surface area contributed by atoms with Crippen LogP contribution in [-0.2, 0) is 14.6 Å². The normalized spacial score (nSPS) is 11.5. The van der Waals surface area contributed by atoms with E-state index in [0.717, 1.165) is 16.7 Å². The standard InChI is InChI=1S/C20H13ClN2O5S2/c21-13-5-7-14(8-6-13)30(26,27)11-18(24)23-20-22-16(10-29-20)15-9-12-3-1-2-4-17(12)28-19(15)25/h1-10H,11H2,(H,22,23,24). The minimum Gasteiger partial charge on any atom is -0.422 e. The molecule has 0 unspecified atom stereocenters. The molecule has 1 N–H and O–H groups in total. The minimum absolute atomic E-state index is 0.00403. The summed E-state index contributed by atoms with van der Waals surface area (Å²) in [5, 5.41) is 5.35. The molecule has 2 aromatic carbocycles. The van der Waals surface area contributed by atoms with E-state index in [2.05, 4.69) is 10.3 Å². The van der Waals surface area contributed by atoms with Gasteiger partial charge in [0.05, 0.1) is 16.2 Å². The Balaban J connectivity index is 1.52. The van der Waals surface area contributed by atoms with E-state index < -0.39 is 27.1 Å². The summed E-state index contributed by atoms with van der Waals surface area (Å²) in [5.41, 5.74) is 0.485. The fourth-order valence-corrected chi connectivity index (χ4v) is 4.74. The Bertz CT molecular complexity index is 1410. The Hall–Kier alpha value is -3.01. The third-order valence-electron chi connectivity index (χ3n) is 4.16. The Morgan fingerprint density at radius 3 is 2.63 bits per heavy atom. The molecule has 152 valence electrons. The summed E-state index contributed by atoms with van der Waals surface area (Å²) in [6.45, 7) is 0. The van der Waals surface area contributed by atoms with E-state index in [1.165, 1.54) is 24.3 Å². The van der Waals surface area contributed by atoms with Crippen LogP contribution in [0.1, 0.15) is 0 Å². The van der Waals surface area contributed by atoms with E-state index in [1.54, 1.807) is 29.6 Å². The first kappa shape index (κ1) is 20.3. The van der Waals surface area contributed by atoms with Gasteiger partial charge in [0.15, 0.2) is 15.0 Å². The van der Waals surface area contributed by atoms with Gasteiger partial charge < -0.3 is 9.73 Å². The molecule has 0 radical (unpaired) electrons. The van der Waals surface area contributed by atoms with Gasteiger partial charge >= 0.3 is 5.63 Å². The number of hydrogen-bond donors (Lipinski definition) is 1. The largest absolute Gasteiger partial charge is 0.422 e. The SMILES string of the molecule is O=C(CS(=O)(=O)c1ccc(Cl)cc1)Nc1nc(-c2cc3ccccc3oc2=O)cs1. The first-order valence-corrected chi connectivity index (χ1v) is 11.5. The number of sulfone groups is 1. The van der Waals surface area contributed by atoms with Gasteiger partial charge in [0.25, 0.3) is 0 Å². The van der Waals surface area contributed by atoms with E-state index in [4.69, 9.17) is 16.0 Å². The number of anilines is 1. The highest BCUT2D eigenvalue weighted by Crippen LogP contribution is 2.25. The number of amides is 1. The highest BCUT2D eigenvalue weighted by Gasteiger charge is 2.20. The molecule has 0 aliphatic carbocycles. The number of aromatic nitrogens is 1. The van der Waals surface area contributed by atoms with Crippen LogP contribution in [0.5, 0.6) is 0 Å². The summed E-state index contributed by atoms with van der Waals surface area (Å²) in [6, 6.07) is 14.3. The van der Waals surface area contributed by atoms with Crippen molar-refractivity contribution in [2.24, 2.45) is 0 Å². The predicted molar refractivity (Wildman–Crippen MR) is 116 cm³/mol. The number of hydrogen-bond acceptors (Lipinski definition) is 7. The number of carbonyl (C=O) groups is 1. The Morgan fingerprint density at radius 2 is 1.87 bits per heavy atom. The van der Waals surface area contributed by atoms with Crippen molar-refractivity contribution in [3.8, 4) is 11.3 Å². The fourth-order valence-electron chi connectivity index (χ4n) is 2.75. The maximum Gasteiger partial charge on any atom is 0.345 e. The molecule has 30 heavy (non-hydrogen) atoms. The van der Waals surface area contributed by atoms with Crippen LogP contribution in [0.4, 0.5) is 5.13 Å². The summed E-state index contributed by atoms with van der Waals surface area (Å²) < 4.78 is 30.0. The van der Waals surface area contributed by atoms with Crippen LogP contribution in [0.25, 0.3) is 22.2 Å². The second kappa shape index (κ2) is 8.02. The first-order chi connectivity index (χ1) is 14.3. The average Bonchev–Trinajstić information content (AvgIpc) is 3.15. The zero-order valence-electron chi connectivity index (χ0n) is 15.2. The maximum absolute atomic E-state index is 12.4. The maximum atomic E-state index is 12.4. The quantitative estimate of drug-likeness (QED) is 0.451. The van der Waals surface area contributed by atoms with Crippen molar-refractivity contribution in [2.75, 3.05) is 11.1 Å². The Kier molecular flexibility index (Phi) is 5.42. The van der Waals surface area contributed by atoms with E-state index in [0.29, 0.717) is 16.3 Å². The zero-order chi connectivity index (χ0) is 21.3. The average molecular weight is 461 g/mol. The molecule has 0 spiro atoms. The summed E-state index contributed by atoms with van der Waals surface area (Å²) in [5.74, 6) is -1.49. The Morgan fingerprint density at radius 1 is 1.13 bits per heavy atom. The van der Waals surface area contributed by atoms with Crippen LogP contribution in [0.2, 0.25) is 5.02 Å². The molecule has 2 heterocycles. The second-order valence-corrected chi connectivity index (χ2v) is 9.57. The minimum atomic E-state index is -3.83. The number of para-hydroxylation sites is 1. The molecular formula is C20H13ClN2O5S2. The first-order valence-electron chi connectivity index (χ1n) is 8.59. The molecule has 0 saturated heterocycles. The number of carbonyl (C=O) groups excluding carboxylic acids is 1. The van der Waals surface area contributed by atoms with Crippen molar-refractivity contribution in [1.29, 1.82) is 0 Å². The van der Waals surface area contributed by atoms with Gasteiger partial charge in [0, 0.05) is 15.8 Å². The molecule has 4 rings (SSSR count). The molecule has 7 nitrogen and oxygen atoms in total. The van der Waals surface area contributed by atoms with Gasteiger partial charge in [-0.2, -0.15) is 0 Å². The van der Waals surface area contributed by atoms with Crippen LogP contribution in [0, 0.1) is 0 Å². The zero-order valence-corrected chi connectivity index (χ0v) is 17.6. The van der Waals surface area contributed by atoms with Gasteiger partial charge in [-0.1, -0.05) is 29.8 Å². The number of fused-ring (bicyclic) bond motifs is 1. The van der Waals surface area contributed by atoms with Crippen molar-refractivity contribution < 1.29 is 17.6 Å². The van der Waals surface area contributed by atoms with E-state index in [-0.39, 0.29) is 15.6 Å². The number of rotatable bonds is 5. The van der Waals surface area contributed by atoms with Crippen molar-refractivity contribution >= 4 is 54.8 Å². The van der Waals surface area contributed by atoms with Crippen molar-refractivity contribution in [1.82, 2.24) is 4.98 Å². The molecule has 4 aromatic rings. The van der Waals surface area contributed by atoms with E-state index >= 15 is 0 Å². The molecule has 0 atom stereocenters. The third-order valence-corrected chi connectivity index (χ3v) is 6.80. The molecule has 0 fully saturated rings. The van der Waals surface area contributed by atoms with Gasteiger partial charge in [0.1, 0.15) is 11.3 Å². The van der Waals surface area contributed by atoms with E-state index in [1.807, 2.05) is 6.07 Å². The fraction of sp³-hybridized carbons (Fsp3) is 0.0500. The van der Waals surface area contributed by atoms with Crippen LogP contribution < -0.4 is 10.9 Å². The van der Waals surface area contributed by atoms with E-state index in [9.17, 15) is 18.0 Å². The number of thiazole rings is 1. The van der Waals surface area contributed by atoms with Crippen molar-refractivity contribution in [3.05, 3.63) is 75.4 Å². The molecule has 2 aromatic heterocycles. The second-order valence-electron chi connectivity index (χ2n) is 6.28. The van der Waals surface area contributed by atoms with Crippen LogP contribution >= 0.6 is 22.9 Å². The molecule has 0 saturated carbocycles. The number of halogens is 1. The summed E-state index contributed by atoms with van der Waals surface area (Å²) in [7, 11) is -3.83. The van der Waals surface area contributed by atoms with Crippen molar-refractivity contribution in [3.63, 3.8) is 0 Å². The van der Waals surface area contributed by atoms with Gasteiger partial charge in [-0.15, -0.1) is 11.3 Å². The lowest BCUT2D eigenvalue weighted by Gasteiger charge is -2.04. The lowest BCUT2D eigenvalue weighted by atomic mass is 10.1. The third kappa shape index (κ3) is 4.28. The monoisotopic (exact) mass is 460 g/mol. The predicted octanol–water partition coefficient (Wildman–Crippen LogP) is 3.98. The molecule has 1 amide bonds. The molecule has 10 heteroatoms. The van der Waals surface area contributed by atoms with Gasteiger partial charge in [-0.3, -0.25) is 4.79 Å². The van der Waals surface area contributed by atoms with Crippen LogP contribution in [-0.4, -0.2) is 25.1 Å². The topological polar surface area (TPSA) is 106 Å². The molecule has 0 aliphatic rings. The molecule has 0 bridgehead atoms. The van der Waals surface area contributed by atoms with Crippen molar-refractivity contribution in [2.45, 2.75) is 4.90 Å². The van der Waals surface area contributed by atoms with Gasteiger partial charge in [-0.05, 0) is 36.4 Å². The lowest BCUT2D eigenvalue weighted by Crippen LogP contribution is -2.23. The van der Waals surface area contributed by atoms with Crippen LogP contribution in [0.15, 0.2) is 74.1 Å². The molecular weight excluding hydrogens is 448 g/mol. The van der Waals surface area contributed by atoms with Gasteiger partial charge in [0.2, 0.25) is 5.91 Å². The summed E-state index contributed by atoms with van der Waals surface area (Å²) in [4.78, 5) is 28.7. The van der Waals surface area contributed by atoms with Crippen LogP contribution in [0.3, 0.4) is 0 Å². The number of nitrogens with one attached hydrogen (secondary N) is 1. The van der Waals surface area contributed by atoms with Gasteiger partial charge in [-0.25, -0.2) is 18.2 Å². The Labute approximate surface area is 179 Å². The highest BCUT2D eigenvalue weighted by molar-refractivity contribution is 7.92.